The predicted octanol–water partition coefficient (Wildman–Crippen LogP) is 5.66. The average Bonchev–Trinajstić information content (AvgIpc) is 2.39. The van der Waals surface area contributed by atoms with Crippen LogP contribution in [0, 0.1) is 6.92 Å². The Bertz CT molecular complexity index is 669. The number of rotatable bonds is 3. The summed E-state index contributed by atoms with van der Waals surface area (Å²) in [5.41, 5.74) is 2.75. The molecule has 0 aliphatic rings. The predicted molar refractivity (Wildman–Crippen MR) is 89.5 cm³/mol. The standard InChI is InChI=1S/C18H19BrO2/c1-12-5-7-15(18(2,3)4)17(9-12)21-16-8-6-14(19)10-13(16)11-20/h5-11H,1-4H3. The van der Waals surface area contributed by atoms with Crippen molar-refractivity contribution in [2.75, 3.05) is 0 Å². The van der Waals surface area contributed by atoms with Crippen LogP contribution in [0.1, 0.15) is 42.3 Å². The Morgan fingerprint density at radius 1 is 1.05 bits per heavy atom. The van der Waals surface area contributed by atoms with Crippen LogP contribution >= 0.6 is 15.9 Å². The fourth-order valence-electron chi connectivity index (χ4n) is 2.16. The van der Waals surface area contributed by atoms with Gasteiger partial charge in [0, 0.05) is 10.0 Å². The first-order chi connectivity index (χ1) is 9.81. The van der Waals surface area contributed by atoms with Crippen molar-refractivity contribution >= 4 is 22.2 Å². The summed E-state index contributed by atoms with van der Waals surface area (Å²) < 4.78 is 6.90. The minimum Gasteiger partial charge on any atom is -0.456 e. The molecule has 0 aromatic heterocycles. The fraction of sp³-hybridized carbons (Fsp3) is 0.278. The molecular weight excluding hydrogens is 328 g/mol. The van der Waals surface area contributed by atoms with E-state index >= 15 is 0 Å². The van der Waals surface area contributed by atoms with Gasteiger partial charge in [0.25, 0.3) is 0 Å². The Balaban J connectivity index is 2.49. The number of hydrogen-bond acceptors (Lipinski definition) is 2. The molecular formula is C18H19BrO2. The summed E-state index contributed by atoms with van der Waals surface area (Å²) in [6, 6.07) is 11.6. The number of benzene rings is 2. The zero-order chi connectivity index (χ0) is 15.6. The van der Waals surface area contributed by atoms with Gasteiger partial charge in [0.15, 0.2) is 6.29 Å². The highest BCUT2D eigenvalue weighted by molar-refractivity contribution is 9.10. The Labute approximate surface area is 134 Å². The third kappa shape index (κ3) is 3.73. The Kier molecular flexibility index (Phi) is 4.52. The maximum Gasteiger partial charge on any atom is 0.153 e. The molecule has 0 N–H and O–H groups in total. The van der Waals surface area contributed by atoms with Gasteiger partial charge in [0.05, 0.1) is 5.56 Å². The van der Waals surface area contributed by atoms with Crippen LogP contribution in [0.2, 0.25) is 0 Å². The summed E-state index contributed by atoms with van der Waals surface area (Å²) in [5.74, 6) is 1.37. The Morgan fingerprint density at radius 2 is 1.76 bits per heavy atom. The molecule has 2 aromatic rings. The van der Waals surface area contributed by atoms with Gasteiger partial charge >= 0.3 is 0 Å². The largest absolute Gasteiger partial charge is 0.456 e. The van der Waals surface area contributed by atoms with Crippen molar-refractivity contribution in [3.8, 4) is 11.5 Å². The zero-order valence-electron chi connectivity index (χ0n) is 12.7. The van der Waals surface area contributed by atoms with Crippen molar-refractivity contribution in [2.45, 2.75) is 33.1 Å². The van der Waals surface area contributed by atoms with Crippen molar-refractivity contribution in [3.63, 3.8) is 0 Å². The van der Waals surface area contributed by atoms with Gasteiger partial charge in [0.1, 0.15) is 11.5 Å². The molecule has 2 nitrogen and oxygen atoms in total. The van der Waals surface area contributed by atoms with Crippen LogP contribution in [0.25, 0.3) is 0 Å². The smallest absolute Gasteiger partial charge is 0.153 e. The highest BCUT2D eigenvalue weighted by Gasteiger charge is 2.20. The molecule has 0 fully saturated rings. The fourth-order valence-corrected chi connectivity index (χ4v) is 2.54. The third-order valence-electron chi connectivity index (χ3n) is 3.26. The van der Waals surface area contributed by atoms with Crippen molar-refractivity contribution < 1.29 is 9.53 Å². The van der Waals surface area contributed by atoms with Crippen LogP contribution in [0.5, 0.6) is 11.5 Å². The number of aldehydes is 1. The minimum atomic E-state index is -0.0280. The molecule has 0 saturated carbocycles. The van der Waals surface area contributed by atoms with E-state index < -0.39 is 0 Å². The van der Waals surface area contributed by atoms with Crippen LogP contribution in [0.15, 0.2) is 40.9 Å². The second-order valence-electron chi connectivity index (χ2n) is 6.15. The summed E-state index contributed by atoms with van der Waals surface area (Å²) in [6.45, 7) is 8.47. The van der Waals surface area contributed by atoms with Crippen LogP contribution in [-0.4, -0.2) is 6.29 Å². The van der Waals surface area contributed by atoms with Gasteiger partial charge < -0.3 is 4.74 Å². The molecule has 110 valence electrons. The second kappa shape index (κ2) is 6.02. The molecule has 0 bridgehead atoms. The maximum atomic E-state index is 11.2. The molecule has 0 heterocycles. The highest BCUT2D eigenvalue weighted by atomic mass is 79.9. The third-order valence-corrected chi connectivity index (χ3v) is 3.76. The molecule has 0 aliphatic carbocycles. The van der Waals surface area contributed by atoms with Gasteiger partial charge in [-0.15, -0.1) is 0 Å². The Morgan fingerprint density at radius 3 is 2.38 bits per heavy atom. The van der Waals surface area contributed by atoms with E-state index in [9.17, 15) is 4.79 Å². The van der Waals surface area contributed by atoms with E-state index in [0.717, 1.165) is 27.6 Å². The molecule has 0 atom stereocenters. The molecule has 0 spiro atoms. The number of ether oxygens (including phenoxy) is 1. The molecule has 3 heteroatoms. The molecule has 21 heavy (non-hydrogen) atoms. The van der Waals surface area contributed by atoms with Crippen molar-refractivity contribution in [1.82, 2.24) is 0 Å². The van der Waals surface area contributed by atoms with Gasteiger partial charge in [-0.25, -0.2) is 0 Å². The SMILES string of the molecule is Cc1ccc(C(C)(C)C)c(Oc2ccc(Br)cc2C=O)c1. The van der Waals surface area contributed by atoms with E-state index in [2.05, 4.69) is 48.8 Å². The molecule has 0 aliphatic heterocycles. The number of carbonyl (C=O) groups is 1. The summed E-state index contributed by atoms with van der Waals surface area (Å²) >= 11 is 3.37. The van der Waals surface area contributed by atoms with Crippen molar-refractivity contribution in [1.29, 1.82) is 0 Å². The average molecular weight is 347 g/mol. The van der Waals surface area contributed by atoms with Crippen molar-refractivity contribution in [3.05, 3.63) is 57.6 Å². The van der Waals surface area contributed by atoms with Gasteiger partial charge in [-0.05, 0) is 42.2 Å². The lowest BCUT2D eigenvalue weighted by Gasteiger charge is -2.23. The van der Waals surface area contributed by atoms with E-state index in [-0.39, 0.29) is 5.41 Å². The Hall–Kier alpha value is -1.61. The van der Waals surface area contributed by atoms with E-state index in [1.165, 1.54) is 0 Å². The number of halogens is 1. The van der Waals surface area contributed by atoms with Gasteiger partial charge in [0.2, 0.25) is 0 Å². The first-order valence-corrected chi connectivity index (χ1v) is 7.64. The number of carbonyl (C=O) groups excluding carboxylic acids is 1. The number of hydrogen-bond donors (Lipinski definition) is 0. The summed E-state index contributed by atoms with van der Waals surface area (Å²) in [5, 5.41) is 0. The first-order valence-electron chi connectivity index (χ1n) is 6.85. The molecule has 0 radical (unpaired) electrons. The van der Waals surface area contributed by atoms with Gasteiger partial charge in [-0.3, -0.25) is 4.79 Å². The highest BCUT2D eigenvalue weighted by Crippen LogP contribution is 2.36. The van der Waals surface area contributed by atoms with Crippen LogP contribution in [-0.2, 0) is 5.41 Å². The second-order valence-corrected chi connectivity index (χ2v) is 7.07. The van der Waals surface area contributed by atoms with Crippen LogP contribution in [0.3, 0.4) is 0 Å². The lowest BCUT2D eigenvalue weighted by atomic mass is 9.86. The summed E-state index contributed by atoms with van der Waals surface area (Å²) in [7, 11) is 0. The summed E-state index contributed by atoms with van der Waals surface area (Å²) in [6.07, 6.45) is 0.812. The molecule has 2 rings (SSSR count). The van der Waals surface area contributed by atoms with Crippen molar-refractivity contribution in [2.24, 2.45) is 0 Å². The van der Waals surface area contributed by atoms with E-state index in [1.807, 2.05) is 25.1 Å². The molecule has 2 aromatic carbocycles. The monoisotopic (exact) mass is 346 g/mol. The van der Waals surface area contributed by atoms with E-state index in [1.54, 1.807) is 6.07 Å². The molecule has 0 amide bonds. The quantitative estimate of drug-likeness (QED) is 0.670. The first kappa shape index (κ1) is 15.8. The number of aryl methyl sites for hydroxylation is 1. The zero-order valence-corrected chi connectivity index (χ0v) is 14.3. The van der Waals surface area contributed by atoms with Gasteiger partial charge in [-0.2, -0.15) is 0 Å². The van der Waals surface area contributed by atoms with E-state index in [0.29, 0.717) is 11.3 Å². The van der Waals surface area contributed by atoms with Gasteiger partial charge in [-0.1, -0.05) is 48.8 Å². The molecule has 0 saturated heterocycles. The topological polar surface area (TPSA) is 26.3 Å². The van der Waals surface area contributed by atoms with Crippen LogP contribution < -0.4 is 4.74 Å². The maximum absolute atomic E-state index is 11.2. The molecule has 0 unspecified atom stereocenters. The minimum absolute atomic E-state index is 0.0280. The lowest BCUT2D eigenvalue weighted by molar-refractivity contribution is 0.112. The van der Waals surface area contributed by atoms with E-state index in [4.69, 9.17) is 4.74 Å². The normalized spacial score (nSPS) is 11.3. The van der Waals surface area contributed by atoms with Crippen LogP contribution in [0.4, 0.5) is 0 Å². The lowest BCUT2D eigenvalue weighted by Crippen LogP contribution is -2.12. The summed E-state index contributed by atoms with van der Waals surface area (Å²) in [4.78, 5) is 11.2.